The first-order valence-corrected chi connectivity index (χ1v) is 7.63. The minimum Gasteiger partial charge on any atom is -0.398 e. The molecule has 5 nitrogen and oxygen atoms in total. The van der Waals surface area contributed by atoms with Crippen LogP contribution in [0.5, 0.6) is 0 Å². The van der Waals surface area contributed by atoms with E-state index in [2.05, 4.69) is 10.2 Å². The van der Waals surface area contributed by atoms with Crippen molar-refractivity contribution in [2.75, 3.05) is 32.0 Å². The lowest BCUT2D eigenvalue weighted by atomic mass is 10.1. The van der Waals surface area contributed by atoms with Crippen molar-refractivity contribution in [3.05, 3.63) is 28.8 Å². The van der Waals surface area contributed by atoms with Gasteiger partial charge < -0.3 is 15.8 Å². The number of halogens is 1. The average Bonchev–Trinajstić information content (AvgIpc) is 2.48. The molecule has 0 saturated carbocycles. The van der Waals surface area contributed by atoms with E-state index in [0.29, 0.717) is 43.6 Å². The molecule has 0 spiro atoms. The maximum Gasteiger partial charge on any atom is 0.239 e. The van der Waals surface area contributed by atoms with Gasteiger partial charge in [0.15, 0.2) is 0 Å². The molecule has 0 aromatic heterocycles. The summed E-state index contributed by atoms with van der Waals surface area (Å²) in [6.45, 7) is 5.10. The molecule has 2 rings (SSSR count). The van der Waals surface area contributed by atoms with E-state index in [4.69, 9.17) is 22.1 Å². The van der Waals surface area contributed by atoms with E-state index in [9.17, 15) is 4.79 Å². The molecule has 1 fully saturated rings. The Labute approximate surface area is 130 Å². The van der Waals surface area contributed by atoms with Crippen LogP contribution in [-0.2, 0) is 16.1 Å². The number of nitrogens with zero attached hydrogens (tertiary/aromatic N) is 1. The van der Waals surface area contributed by atoms with Crippen molar-refractivity contribution in [1.29, 1.82) is 0 Å². The number of amides is 1. The van der Waals surface area contributed by atoms with Gasteiger partial charge in [-0.25, -0.2) is 0 Å². The maximum atomic E-state index is 12.2. The van der Waals surface area contributed by atoms with E-state index in [1.807, 2.05) is 19.1 Å². The third-order valence-corrected chi connectivity index (χ3v) is 3.81. The van der Waals surface area contributed by atoms with Crippen molar-refractivity contribution < 1.29 is 9.53 Å². The normalized spacial score (nSPS) is 19.4. The van der Waals surface area contributed by atoms with Gasteiger partial charge in [0.05, 0.1) is 13.2 Å². The molecule has 1 aliphatic rings. The van der Waals surface area contributed by atoms with Crippen LogP contribution in [0.4, 0.5) is 5.69 Å². The molecule has 6 heteroatoms. The van der Waals surface area contributed by atoms with Crippen LogP contribution in [-0.4, -0.2) is 43.2 Å². The summed E-state index contributed by atoms with van der Waals surface area (Å²) in [6.07, 6.45) is 0.920. The Morgan fingerprint density at radius 1 is 1.57 bits per heavy atom. The van der Waals surface area contributed by atoms with Crippen LogP contribution in [0.25, 0.3) is 0 Å². The van der Waals surface area contributed by atoms with Crippen molar-refractivity contribution in [3.8, 4) is 0 Å². The quantitative estimate of drug-likeness (QED) is 0.811. The molecule has 1 aromatic carbocycles. The van der Waals surface area contributed by atoms with Crippen LogP contribution in [0.15, 0.2) is 18.2 Å². The Hall–Kier alpha value is -1.30. The molecule has 1 atom stereocenters. The molecule has 21 heavy (non-hydrogen) atoms. The highest BCUT2D eigenvalue weighted by atomic mass is 35.5. The van der Waals surface area contributed by atoms with Crippen molar-refractivity contribution in [1.82, 2.24) is 10.2 Å². The number of carbonyl (C=O) groups is 1. The topological polar surface area (TPSA) is 67.6 Å². The highest BCUT2D eigenvalue weighted by Crippen LogP contribution is 2.21. The number of nitrogens with two attached hydrogens (primary N) is 1. The molecule has 0 aliphatic carbocycles. The number of nitrogen functional groups attached to an aromatic ring is 1. The number of benzene rings is 1. The van der Waals surface area contributed by atoms with Gasteiger partial charge in [0, 0.05) is 30.3 Å². The van der Waals surface area contributed by atoms with Gasteiger partial charge in [0.25, 0.3) is 0 Å². The third-order valence-electron chi connectivity index (χ3n) is 3.57. The van der Waals surface area contributed by atoms with Crippen LogP contribution in [0.2, 0.25) is 5.02 Å². The summed E-state index contributed by atoms with van der Waals surface area (Å²) in [6, 6.07) is 5.21. The first-order valence-electron chi connectivity index (χ1n) is 7.25. The van der Waals surface area contributed by atoms with E-state index < -0.39 is 0 Å². The Kier molecular flexibility index (Phi) is 5.85. The maximum absolute atomic E-state index is 12.2. The average molecular weight is 312 g/mol. The van der Waals surface area contributed by atoms with Crippen molar-refractivity contribution in [2.24, 2.45) is 0 Å². The number of hydrogen-bond donors (Lipinski definition) is 2. The fourth-order valence-electron chi connectivity index (χ4n) is 2.36. The van der Waals surface area contributed by atoms with Gasteiger partial charge in [-0.3, -0.25) is 9.69 Å². The summed E-state index contributed by atoms with van der Waals surface area (Å²) >= 11 is 5.92. The molecular formula is C15H22ClN3O2. The van der Waals surface area contributed by atoms with E-state index >= 15 is 0 Å². The standard InChI is InChI=1S/C15H22ClN3O2/c1-2-5-18-15(20)14-10-21-7-6-19(14)9-11-3-4-12(16)8-13(11)17/h3-4,8,14H,2,5-7,9-10,17H2,1H3,(H,18,20). The molecule has 1 saturated heterocycles. The van der Waals surface area contributed by atoms with Gasteiger partial charge in [-0.15, -0.1) is 0 Å². The number of hydrogen-bond acceptors (Lipinski definition) is 4. The Bertz CT molecular complexity index is 496. The molecule has 1 aliphatic heterocycles. The minimum atomic E-state index is -0.264. The molecule has 1 heterocycles. The van der Waals surface area contributed by atoms with Gasteiger partial charge in [0.2, 0.25) is 5.91 Å². The smallest absolute Gasteiger partial charge is 0.239 e. The summed E-state index contributed by atoms with van der Waals surface area (Å²) in [5, 5.41) is 3.55. The van der Waals surface area contributed by atoms with E-state index in [-0.39, 0.29) is 11.9 Å². The molecule has 1 aromatic rings. The predicted octanol–water partition coefficient (Wildman–Crippen LogP) is 1.65. The SMILES string of the molecule is CCCNC(=O)C1COCCN1Cc1ccc(Cl)cc1N. The first kappa shape index (κ1) is 16.1. The highest BCUT2D eigenvalue weighted by molar-refractivity contribution is 6.30. The van der Waals surface area contributed by atoms with Gasteiger partial charge in [-0.1, -0.05) is 24.6 Å². The zero-order chi connectivity index (χ0) is 15.2. The summed E-state index contributed by atoms with van der Waals surface area (Å²) in [4.78, 5) is 14.3. The van der Waals surface area contributed by atoms with Crippen LogP contribution < -0.4 is 11.1 Å². The highest BCUT2D eigenvalue weighted by Gasteiger charge is 2.29. The predicted molar refractivity (Wildman–Crippen MR) is 84.2 cm³/mol. The summed E-state index contributed by atoms with van der Waals surface area (Å²) < 4.78 is 5.45. The van der Waals surface area contributed by atoms with Crippen molar-refractivity contribution in [2.45, 2.75) is 25.9 Å². The lowest BCUT2D eigenvalue weighted by Gasteiger charge is -2.34. The summed E-state index contributed by atoms with van der Waals surface area (Å²) in [5.74, 6) is 0.0177. The molecule has 1 amide bonds. The Morgan fingerprint density at radius 2 is 2.38 bits per heavy atom. The van der Waals surface area contributed by atoms with Gasteiger partial charge >= 0.3 is 0 Å². The van der Waals surface area contributed by atoms with Crippen LogP contribution in [0, 0.1) is 0 Å². The number of rotatable bonds is 5. The number of nitrogens with one attached hydrogen (secondary N) is 1. The Balaban J connectivity index is 2.06. The zero-order valence-electron chi connectivity index (χ0n) is 12.3. The van der Waals surface area contributed by atoms with Gasteiger partial charge in [-0.05, 0) is 24.1 Å². The molecule has 0 radical (unpaired) electrons. The first-order chi connectivity index (χ1) is 10.1. The minimum absolute atomic E-state index is 0.0177. The molecular weight excluding hydrogens is 290 g/mol. The summed E-state index contributed by atoms with van der Waals surface area (Å²) in [5.41, 5.74) is 7.63. The van der Waals surface area contributed by atoms with Crippen molar-refractivity contribution >= 4 is 23.2 Å². The fraction of sp³-hybridized carbons (Fsp3) is 0.533. The number of ether oxygens (including phenoxy) is 1. The number of morpholine rings is 1. The third kappa shape index (κ3) is 4.33. The monoisotopic (exact) mass is 311 g/mol. The van der Waals surface area contributed by atoms with E-state index in [0.717, 1.165) is 12.0 Å². The zero-order valence-corrected chi connectivity index (χ0v) is 13.0. The van der Waals surface area contributed by atoms with Gasteiger partial charge in [-0.2, -0.15) is 0 Å². The summed E-state index contributed by atoms with van der Waals surface area (Å²) in [7, 11) is 0. The van der Waals surface area contributed by atoms with Gasteiger partial charge in [0.1, 0.15) is 6.04 Å². The number of anilines is 1. The molecule has 3 N–H and O–H groups in total. The van der Waals surface area contributed by atoms with E-state index in [1.165, 1.54) is 0 Å². The second-order valence-electron chi connectivity index (χ2n) is 5.20. The molecule has 1 unspecified atom stereocenters. The Morgan fingerprint density at radius 3 is 3.10 bits per heavy atom. The lowest BCUT2D eigenvalue weighted by Crippen LogP contribution is -2.53. The lowest BCUT2D eigenvalue weighted by molar-refractivity contribution is -0.132. The number of carbonyl (C=O) groups excluding carboxylic acids is 1. The van der Waals surface area contributed by atoms with Crippen LogP contribution >= 0.6 is 11.6 Å². The van der Waals surface area contributed by atoms with Crippen LogP contribution in [0.3, 0.4) is 0 Å². The van der Waals surface area contributed by atoms with Crippen molar-refractivity contribution in [3.63, 3.8) is 0 Å². The largest absolute Gasteiger partial charge is 0.398 e. The second-order valence-corrected chi connectivity index (χ2v) is 5.63. The molecule has 0 bridgehead atoms. The second kappa shape index (κ2) is 7.64. The molecule has 116 valence electrons. The van der Waals surface area contributed by atoms with Crippen LogP contribution in [0.1, 0.15) is 18.9 Å². The fourth-order valence-corrected chi connectivity index (χ4v) is 2.54. The van der Waals surface area contributed by atoms with E-state index in [1.54, 1.807) is 6.07 Å².